The van der Waals surface area contributed by atoms with Gasteiger partial charge in [-0.15, -0.1) is 0 Å². The van der Waals surface area contributed by atoms with Gasteiger partial charge in [0.1, 0.15) is 12.3 Å². The number of halogens is 1. The molecule has 1 fully saturated rings. The Kier molecular flexibility index (Phi) is 5.27. The number of carbonyl (C=O) groups is 1. The standard InChI is InChI=1S/C15H21FN2O3/c1-17-13(20)7-11-14(16)15(21)12(9-19)18(11)8-10-5-3-2-4-6-10/h2-6,11-12,14-15,19,21H,7-9H2,1H3,(H,17,20)/t11-,12-,14-,15-/m1/s1. The molecule has 5 nitrogen and oxygen atoms in total. The first-order chi connectivity index (χ1) is 10.1. The van der Waals surface area contributed by atoms with Crippen molar-refractivity contribution in [2.75, 3.05) is 13.7 Å². The molecule has 0 aliphatic carbocycles. The van der Waals surface area contributed by atoms with Crippen molar-refractivity contribution in [1.82, 2.24) is 10.2 Å². The Morgan fingerprint density at radius 3 is 2.57 bits per heavy atom. The summed E-state index contributed by atoms with van der Waals surface area (Å²) in [5.74, 6) is -0.286. The fourth-order valence-corrected chi connectivity index (χ4v) is 2.83. The van der Waals surface area contributed by atoms with Crippen LogP contribution in [0.3, 0.4) is 0 Å². The van der Waals surface area contributed by atoms with E-state index in [9.17, 15) is 19.4 Å². The number of hydrogen-bond acceptors (Lipinski definition) is 4. The van der Waals surface area contributed by atoms with E-state index in [0.29, 0.717) is 6.54 Å². The minimum absolute atomic E-state index is 0.0436. The molecule has 3 N–H and O–H groups in total. The van der Waals surface area contributed by atoms with Crippen LogP contribution in [0.2, 0.25) is 0 Å². The molecule has 1 saturated heterocycles. The van der Waals surface area contributed by atoms with Crippen LogP contribution in [0.1, 0.15) is 12.0 Å². The molecule has 6 heteroatoms. The number of likely N-dealkylation sites (tertiary alicyclic amines) is 1. The zero-order valence-electron chi connectivity index (χ0n) is 11.9. The van der Waals surface area contributed by atoms with E-state index in [1.165, 1.54) is 7.05 Å². The Bertz CT molecular complexity index is 471. The third-order valence-electron chi connectivity index (χ3n) is 4.01. The van der Waals surface area contributed by atoms with Crippen LogP contribution in [-0.4, -0.2) is 59.0 Å². The van der Waals surface area contributed by atoms with E-state index in [1.807, 2.05) is 30.3 Å². The first-order valence-electron chi connectivity index (χ1n) is 7.01. The van der Waals surface area contributed by atoms with Crippen molar-refractivity contribution in [2.45, 2.75) is 37.3 Å². The summed E-state index contributed by atoms with van der Waals surface area (Å²) >= 11 is 0. The van der Waals surface area contributed by atoms with Crippen molar-refractivity contribution in [3.63, 3.8) is 0 Å². The summed E-state index contributed by atoms with van der Waals surface area (Å²) in [6, 6.07) is 7.97. The van der Waals surface area contributed by atoms with Crippen LogP contribution in [-0.2, 0) is 11.3 Å². The number of rotatable bonds is 5. The molecule has 1 heterocycles. The number of aliphatic hydroxyl groups excluding tert-OH is 2. The fourth-order valence-electron chi connectivity index (χ4n) is 2.83. The molecule has 0 saturated carbocycles. The second-order valence-corrected chi connectivity index (χ2v) is 5.29. The van der Waals surface area contributed by atoms with Gasteiger partial charge in [-0.25, -0.2) is 4.39 Å². The minimum atomic E-state index is -1.55. The first kappa shape index (κ1) is 15.9. The van der Waals surface area contributed by atoms with Gasteiger partial charge >= 0.3 is 0 Å². The number of alkyl halides is 1. The van der Waals surface area contributed by atoms with Crippen molar-refractivity contribution >= 4 is 5.91 Å². The maximum atomic E-state index is 14.3. The van der Waals surface area contributed by atoms with Crippen molar-refractivity contribution in [1.29, 1.82) is 0 Å². The van der Waals surface area contributed by atoms with Gasteiger partial charge in [-0.1, -0.05) is 30.3 Å². The largest absolute Gasteiger partial charge is 0.395 e. The number of benzene rings is 1. The number of aliphatic hydroxyl groups is 2. The zero-order valence-corrected chi connectivity index (χ0v) is 11.9. The Hall–Kier alpha value is -1.50. The Morgan fingerprint density at radius 2 is 2.00 bits per heavy atom. The predicted molar refractivity (Wildman–Crippen MR) is 76.2 cm³/mol. The summed E-state index contributed by atoms with van der Waals surface area (Å²) in [6.07, 6.45) is -2.88. The number of amides is 1. The Labute approximate surface area is 123 Å². The Morgan fingerprint density at radius 1 is 1.33 bits per heavy atom. The van der Waals surface area contributed by atoms with Gasteiger partial charge in [0, 0.05) is 20.0 Å². The molecule has 1 aliphatic rings. The maximum absolute atomic E-state index is 14.3. The predicted octanol–water partition coefficient (Wildman–Crippen LogP) is 0.0668. The lowest BCUT2D eigenvalue weighted by molar-refractivity contribution is -0.122. The van der Waals surface area contributed by atoms with Gasteiger partial charge in [0.2, 0.25) is 5.91 Å². The van der Waals surface area contributed by atoms with Crippen molar-refractivity contribution < 1.29 is 19.4 Å². The number of carbonyl (C=O) groups excluding carboxylic acids is 1. The number of hydrogen-bond donors (Lipinski definition) is 3. The summed E-state index contributed by atoms with van der Waals surface area (Å²) in [4.78, 5) is 13.2. The van der Waals surface area contributed by atoms with Crippen LogP contribution in [0.15, 0.2) is 30.3 Å². The van der Waals surface area contributed by atoms with Crippen molar-refractivity contribution in [3.8, 4) is 0 Å². The first-order valence-corrected chi connectivity index (χ1v) is 7.01. The Balaban J connectivity index is 2.20. The smallest absolute Gasteiger partial charge is 0.221 e. The van der Waals surface area contributed by atoms with Gasteiger partial charge < -0.3 is 15.5 Å². The van der Waals surface area contributed by atoms with Crippen LogP contribution in [0, 0.1) is 0 Å². The normalized spacial score (nSPS) is 29.5. The average Bonchev–Trinajstić information content (AvgIpc) is 2.72. The maximum Gasteiger partial charge on any atom is 0.221 e. The van der Waals surface area contributed by atoms with Gasteiger partial charge in [0.15, 0.2) is 0 Å². The molecule has 0 radical (unpaired) electrons. The van der Waals surface area contributed by atoms with E-state index in [4.69, 9.17) is 0 Å². The second-order valence-electron chi connectivity index (χ2n) is 5.29. The molecule has 1 aliphatic heterocycles. The minimum Gasteiger partial charge on any atom is -0.395 e. The third kappa shape index (κ3) is 3.40. The van der Waals surface area contributed by atoms with Crippen LogP contribution >= 0.6 is 0 Å². The molecule has 0 spiro atoms. The quantitative estimate of drug-likeness (QED) is 0.719. The fraction of sp³-hybridized carbons (Fsp3) is 0.533. The molecule has 116 valence electrons. The van der Waals surface area contributed by atoms with Crippen molar-refractivity contribution in [2.24, 2.45) is 0 Å². The monoisotopic (exact) mass is 296 g/mol. The highest BCUT2D eigenvalue weighted by Gasteiger charge is 2.48. The summed E-state index contributed by atoms with van der Waals surface area (Å²) in [5.41, 5.74) is 0.944. The molecule has 1 aromatic rings. The van der Waals surface area contributed by atoms with Gasteiger partial charge in [-0.3, -0.25) is 9.69 Å². The summed E-state index contributed by atoms with van der Waals surface area (Å²) in [5, 5.41) is 21.9. The molecule has 2 rings (SSSR count). The van der Waals surface area contributed by atoms with Gasteiger partial charge in [0.25, 0.3) is 0 Å². The molecule has 1 aromatic carbocycles. The average molecular weight is 296 g/mol. The van der Waals surface area contributed by atoms with Gasteiger partial charge in [-0.2, -0.15) is 0 Å². The summed E-state index contributed by atoms with van der Waals surface area (Å²) in [6.45, 7) is 0.0316. The SMILES string of the molecule is CNC(=O)C[C@@H]1[C@@H](F)[C@H](O)[C@@H](CO)N1Cc1ccccc1. The lowest BCUT2D eigenvalue weighted by Crippen LogP contribution is -2.42. The molecule has 1 amide bonds. The lowest BCUT2D eigenvalue weighted by Gasteiger charge is -2.29. The highest BCUT2D eigenvalue weighted by molar-refractivity contribution is 5.76. The van der Waals surface area contributed by atoms with Crippen LogP contribution < -0.4 is 5.32 Å². The van der Waals surface area contributed by atoms with Crippen molar-refractivity contribution in [3.05, 3.63) is 35.9 Å². The van der Waals surface area contributed by atoms with Gasteiger partial charge in [-0.05, 0) is 5.56 Å². The molecule has 0 bridgehead atoms. The second kappa shape index (κ2) is 6.98. The van der Waals surface area contributed by atoms with Crippen LogP contribution in [0.4, 0.5) is 4.39 Å². The van der Waals surface area contributed by atoms with Crippen LogP contribution in [0.5, 0.6) is 0 Å². The molecule has 0 aromatic heterocycles. The molecular weight excluding hydrogens is 275 g/mol. The van der Waals surface area contributed by atoms with E-state index in [0.717, 1.165) is 5.56 Å². The highest BCUT2D eigenvalue weighted by atomic mass is 19.1. The molecular formula is C15H21FN2O3. The molecule has 4 atom stereocenters. The summed E-state index contributed by atoms with van der Waals surface area (Å²) < 4.78 is 14.3. The van der Waals surface area contributed by atoms with E-state index < -0.39 is 24.4 Å². The molecule has 0 unspecified atom stereocenters. The van der Waals surface area contributed by atoms with E-state index in [2.05, 4.69) is 5.32 Å². The van der Waals surface area contributed by atoms with Crippen LogP contribution in [0.25, 0.3) is 0 Å². The van der Waals surface area contributed by atoms with E-state index in [1.54, 1.807) is 4.90 Å². The number of nitrogens with one attached hydrogen (secondary N) is 1. The summed E-state index contributed by atoms with van der Waals surface area (Å²) in [7, 11) is 1.49. The van der Waals surface area contributed by atoms with E-state index in [-0.39, 0.29) is 18.9 Å². The third-order valence-corrected chi connectivity index (χ3v) is 4.01. The lowest BCUT2D eigenvalue weighted by atomic mass is 10.1. The zero-order chi connectivity index (χ0) is 15.4. The number of nitrogens with zero attached hydrogens (tertiary/aromatic N) is 1. The molecule has 21 heavy (non-hydrogen) atoms. The van der Waals surface area contributed by atoms with E-state index >= 15 is 0 Å². The van der Waals surface area contributed by atoms with Gasteiger partial charge in [0.05, 0.1) is 18.7 Å². The topological polar surface area (TPSA) is 72.8 Å². The highest BCUT2D eigenvalue weighted by Crippen LogP contribution is 2.31.